The van der Waals surface area contributed by atoms with Crippen LogP contribution < -0.4 is 15.4 Å². The predicted octanol–water partition coefficient (Wildman–Crippen LogP) is 0.956. The molecular formula is C26H31N5O8S. The van der Waals surface area contributed by atoms with Crippen molar-refractivity contribution in [2.75, 3.05) is 38.6 Å². The third-order valence-corrected chi connectivity index (χ3v) is 7.84. The largest absolute Gasteiger partial charge is 0.618 e. The maximum atomic E-state index is 13.0. The molecule has 1 saturated heterocycles. The Morgan fingerprint density at radius 1 is 1.07 bits per heavy atom. The van der Waals surface area contributed by atoms with Gasteiger partial charge in [0.2, 0.25) is 17.4 Å². The molecule has 14 heteroatoms. The number of ether oxygens (including phenoxy) is 1. The van der Waals surface area contributed by atoms with Crippen LogP contribution in [0.3, 0.4) is 0 Å². The number of pyridine rings is 1. The van der Waals surface area contributed by atoms with E-state index in [-0.39, 0.29) is 30.3 Å². The summed E-state index contributed by atoms with van der Waals surface area (Å²) in [6, 6.07) is 9.49. The van der Waals surface area contributed by atoms with Crippen LogP contribution in [-0.4, -0.2) is 80.7 Å². The molecule has 4 rings (SSSR count). The van der Waals surface area contributed by atoms with Gasteiger partial charge in [-0.2, -0.15) is 4.73 Å². The highest BCUT2D eigenvalue weighted by atomic mass is 32.2. The van der Waals surface area contributed by atoms with E-state index in [1.54, 1.807) is 30.3 Å². The summed E-state index contributed by atoms with van der Waals surface area (Å²) in [6.45, 7) is 1.44. The number of amides is 3. The van der Waals surface area contributed by atoms with Gasteiger partial charge in [-0.15, -0.1) is 0 Å². The number of carbonyl (C=O) groups excluding carboxylic acids is 3. The third-order valence-electron chi connectivity index (χ3n) is 6.27. The molecule has 0 saturated carbocycles. The number of nitrogens with zero attached hydrogens (tertiary/aromatic N) is 3. The molecule has 1 aromatic carbocycles. The standard InChI is InChI=1S/C26H31N5O8S/c32-22(25-28-20-8-1-2-10-23(20)39-25)9-3-5-11-27-24(33)21(29-26(34)30-13-15-38-16-14-30)18-40(36,37)17-19-7-4-6-12-31(19)35/h1-2,4,6-8,10,12,21H,3,5,9,11,13-18H2,(H,27,33)(H,29,34)/t21-/m1/s1. The molecule has 0 unspecified atom stereocenters. The van der Waals surface area contributed by atoms with E-state index in [1.807, 2.05) is 0 Å². The van der Waals surface area contributed by atoms with Crippen molar-refractivity contribution in [3.63, 3.8) is 0 Å². The number of carbonyl (C=O) groups is 3. The van der Waals surface area contributed by atoms with E-state index in [0.29, 0.717) is 55.0 Å². The lowest BCUT2D eigenvalue weighted by Gasteiger charge is -2.29. The first-order valence-electron chi connectivity index (χ1n) is 12.9. The first-order valence-corrected chi connectivity index (χ1v) is 14.7. The van der Waals surface area contributed by atoms with Crippen molar-refractivity contribution in [1.29, 1.82) is 0 Å². The molecule has 214 valence electrons. The molecule has 1 aliphatic heterocycles. The van der Waals surface area contributed by atoms with Gasteiger partial charge >= 0.3 is 6.03 Å². The SMILES string of the molecule is O=C(CCCCNC(=O)[C@@H](CS(=O)(=O)Cc1cccc[n+]1[O-])NC(=O)N1CCOCC1)c1nc2ccccc2o1. The summed E-state index contributed by atoms with van der Waals surface area (Å²) in [5.41, 5.74) is 1.12. The molecule has 2 N–H and O–H groups in total. The van der Waals surface area contributed by atoms with Crippen LogP contribution in [0.1, 0.15) is 35.6 Å². The zero-order valence-corrected chi connectivity index (χ0v) is 22.6. The number of rotatable bonds is 12. The van der Waals surface area contributed by atoms with Crippen molar-refractivity contribution >= 4 is 38.7 Å². The van der Waals surface area contributed by atoms with Crippen LogP contribution in [0.25, 0.3) is 11.1 Å². The number of morpholine rings is 1. The van der Waals surface area contributed by atoms with Crippen LogP contribution in [0.15, 0.2) is 53.1 Å². The Morgan fingerprint density at radius 3 is 2.58 bits per heavy atom. The molecule has 3 amide bonds. The summed E-state index contributed by atoms with van der Waals surface area (Å²) in [6.07, 6.45) is 2.19. The van der Waals surface area contributed by atoms with E-state index >= 15 is 0 Å². The van der Waals surface area contributed by atoms with Crippen LogP contribution in [0.5, 0.6) is 0 Å². The molecule has 0 spiro atoms. The molecule has 0 bridgehead atoms. The average Bonchev–Trinajstić information content (AvgIpc) is 3.38. The van der Waals surface area contributed by atoms with Crippen molar-refractivity contribution in [3.05, 3.63) is 65.5 Å². The van der Waals surface area contributed by atoms with E-state index in [2.05, 4.69) is 15.6 Å². The maximum Gasteiger partial charge on any atom is 0.318 e. The van der Waals surface area contributed by atoms with Crippen LogP contribution >= 0.6 is 0 Å². The van der Waals surface area contributed by atoms with Crippen LogP contribution in [0.2, 0.25) is 0 Å². The fourth-order valence-electron chi connectivity index (χ4n) is 4.15. The summed E-state index contributed by atoms with van der Waals surface area (Å²) in [7, 11) is -3.97. The topological polar surface area (TPSA) is 175 Å². The Morgan fingerprint density at radius 2 is 1.82 bits per heavy atom. The molecule has 3 aromatic rings. The zero-order valence-electron chi connectivity index (χ0n) is 21.8. The van der Waals surface area contributed by atoms with Gasteiger partial charge in [0.1, 0.15) is 17.3 Å². The number of urea groups is 1. The summed E-state index contributed by atoms with van der Waals surface area (Å²) < 4.78 is 37.0. The Labute approximate surface area is 231 Å². The Bertz CT molecular complexity index is 1420. The lowest BCUT2D eigenvalue weighted by Crippen LogP contribution is -2.55. The number of Topliss-reactive ketones (excluding diaryl/α,β-unsaturated/α-hetero) is 1. The number of nitrogens with one attached hydrogen (secondary N) is 2. The predicted molar refractivity (Wildman–Crippen MR) is 143 cm³/mol. The molecule has 1 fully saturated rings. The fourth-order valence-corrected chi connectivity index (χ4v) is 5.68. The van der Waals surface area contributed by atoms with Gasteiger partial charge in [-0.05, 0) is 31.0 Å². The quantitative estimate of drug-likeness (QED) is 0.138. The van der Waals surface area contributed by atoms with Crippen LogP contribution in [0, 0.1) is 5.21 Å². The normalized spacial score (nSPS) is 14.6. The van der Waals surface area contributed by atoms with Crippen LogP contribution in [-0.2, 0) is 25.1 Å². The highest BCUT2D eigenvalue weighted by molar-refractivity contribution is 7.90. The van der Waals surface area contributed by atoms with E-state index in [1.165, 1.54) is 23.2 Å². The molecular weight excluding hydrogens is 542 g/mol. The number of unbranched alkanes of at least 4 members (excludes halogenated alkanes) is 1. The van der Waals surface area contributed by atoms with Gasteiger partial charge in [-0.25, -0.2) is 18.2 Å². The number of ketones is 1. The second kappa shape index (κ2) is 13.3. The van der Waals surface area contributed by atoms with E-state index < -0.39 is 39.3 Å². The van der Waals surface area contributed by atoms with Gasteiger partial charge in [0.05, 0.1) is 19.0 Å². The first kappa shape index (κ1) is 29.0. The molecule has 0 aliphatic carbocycles. The highest BCUT2D eigenvalue weighted by Crippen LogP contribution is 2.16. The smallest absolute Gasteiger partial charge is 0.318 e. The number of hydrogen-bond acceptors (Lipinski definition) is 9. The van der Waals surface area contributed by atoms with Crippen molar-refractivity contribution in [3.8, 4) is 0 Å². The molecule has 2 aromatic heterocycles. The second-order valence-corrected chi connectivity index (χ2v) is 11.4. The van der Waals surface area contributed by atoms with Gasteiger partial charge in [0.25, 0.3) is 5.89 Å². The van der Waals surface area contributed by atoms with E-state index in [9.17, 15) is 28.0 Å². The Balaban J connectivity index is 1.31. The van der Waals surface area contributed by atoms with Gasteiger partial charge in [-0.1, -0.05) is 12.1 Å². The average molecular weight is 574 g/mol. The number of aromatic nitrogens is 2. The van der Waals surface area contributed by atoms with Gasteiger partial charge in [0, 0.05) is 38.2 Å². The number of hydrogen-bond donors (Lipinski definition) is 2. The van der Waals surface area contributed by atoms with Crippen molar-refractivity contribution in [2.24, 2.45) is 0 Å². The van der Waals surface area contributed by atoms with Crippen molar-refractivity contribution < 1.29 is 36.7 Å². The molecule has 13 nitrogen and oxygen atoms in total. The maximum absolute atomic E-state index is 13.0. The number of para-hydroxylation sites is 2. The minimum absolute atomic E-state index is 0.00442. The first-order chi connectivity index (χ1) is 19.2. The lowest BCUT2D eigenvalue weighted by atomic mass is 10.1. The number of sulfone groups is 1. The fraction of sp³-hybridized carbons (Fsp3) is 0.423. The van der Waals surface area contributed by atoms with Gasteiger partial charge in [-0.3, -0.25) is 9.59 Å². The highest BCUT2D eigenvalue weighted by Gasteiger charge is 2.30. The van der Waals surface area contributed by atoms with Crippen molar-refractivity contribution in [2.45, 2.75) is 31.1 Å². The summed E-state index contributed by atoms with van der Waals surface area (Å²) in [5.74, 6) is -2.20. The minimum Gasteiger partial charge on any atom is -0.618 e. The Hall–Kier alpha value is -4.04. The van der Waals surface area contributed by atoms with Gasteiger partial charge < -0.3 is 29.9 Å². The number of benzene rings is 1. The molecule has 3 heterocycles. The summed E-state index contributed by atoms with van der Waals surface area (Å²) in [5, 5.41) is 17.1. The Kier molecular flexibility index (Phi) is 9.66. The second-order valence-electron chi connectivity index (χ2n) is 9.33. The zero-order chi connectivity index (χ0) is 28.5. The van der Waals surface area contributed by atoms with Gasteiger partial charge in [0.15, 0.2) is 21.6 Å². The van der Waals surface area contributed by atoms with Crippen molar-refractivity contribution in [1.82, 2.24) is 20.5 Å². The van der Waals surface area contributed by atoms with Crippen LogP contribution in [0.4, 0.5) is 4.79 Å². The third kappa shape index (κ3) is 7.99. The number of fused-ring (bicyclic) bond motifs is 1. The molecule has 0 radical (unpaired) electrons. The summed E-state index contributed by atoms with van der Waals surface area (Å²) >= 11 is 0. The molecule has 1 atom stereocenters. The number of oxazole rings is 1. The monoisotopic (exact) mass is 573 g/mol. The molecule has 1 aliphatic rings. The lowest BCUT2D eigenvalue weighted by molar-refractivity contribution is -0.612. The van der Waals surface area contributed by atoms with E-state index in [4.69, 9.17) is 9.15 Å². The van der Waals surface area contributed by atoms with E-state index in [0.717, 1.165) is 0 Å². The minimum atomic E-state index is -3.97. The molecule has 40 heavy (non-hydrogen) atoms. The summed E-state index contributed by atoms with van der Waals surface area (Å²) in [4.78, 5) is 43.8.